The largest absolute Gasteiger partial charge is 0.378 e. The number of ether oxygens (including phenoxy) is 2. The van der Waals surface area contributed by atoms with Gasteiger partial charge in [0.2, 0.25) is 11.9 Å². The maximum atomic E-state index is 12.8. The van der Waals surface area contributed by atoms with Crippen LogP contribution in [0.15, 0.2) is 67.0 Å². The molecule has 210 valence electrons. The van der Waals surface area contributed by atoms with Gasteiger partial charge >= 0.3 is 6.03 Å². The number of morpholine rings is 2. The van der Waals surface area contributed by atoms with Gasteiger partial charge in [0.05, 0.1) is 26.4 Å². The van der Waals surface area contributed by atoms with E-state index in [9.17, 15) is 4.79 Å². The first-order valence-corrected chi connectivity index (χ1v) is 13.8. The van der Waals surface area contributed by atoms with Gasteiger partial charge in [-0.2, -0.15) is 15.0 Å². The molecular weight excluding hydrogens is 544 g/mol. The van der Waals surface area contributed by atoms with E-state index in [0.29, 0.717) is 60.5 Å². The quantitative estimate of drug-likeness (QED) is 0.342. The van der Waals surface area contributed by atoms with Gasteiger partial charge in [-0.05, 0) is 48.5 Å². The van der Waals surface area contributed by atoms with Gasteiger partial charge in [0.25, 0.3) is 0 Å². The Morgan fingerprint density at radius 3 is 1.98 bits per heavy atom. The number of halogens is 1. The minimum absolute atomic E-state index is 0.374. The van der Waals surface area contributed by atoms with Gasteiger partial charge in [0, 0.05) is 71.7 Å². The molecule has 2 aromatic carbocycles. The Labute approximate surface area is 242 Å². The molecule has 0 saturated carbocycles. The van der Waals surface area contributed by atoms with E-state index in [1.165, 1.54) is 0 Å². The minimum atomic E-state index is -0.374. The highest BCUT2D eigenvalue weighted by Crippen LogP contribution is 2.30. The van der Waals surface area contributed by atoms with Crippen LogP contribution in [0.1, 0.15) is 0 Å². The molecule has 0 aliphatic carbocycles. The number of nitrogens with one attached hydrogen (secondary N) is 2. The summed E-state index contributed by atoms with van der Waals surface area (Å²) in [4.78, 5) is 35.5. The zero-order valence-corrected chi connectivity index (χ0v) is 23.0. The predicted molar refractivity (Wildman–Crippen MR) is 159 cm³/mol. The van der Waals surface area contributed by atoms with E-state index in [2.05, 4.69) is 25.4 Å². The van der Waals surface area contributed by atoms with Crippen molar-refractivity contribution >= 4 is 40.9 Å². The van der Waals surface area contributed by atoms with Crippen LogP contribution in [0.4, 0.5) is 28.1 Å². The number of carbonyl (C=O) groups is 1. The van der Waals surface area contributed by atoms with Crippen LogP contribution in [0.2, 0.25) is 5.02 Å². The smallest absolute Gasteiger partial charge is 0.323 e. The summed E-state index contributed by atoms with van der Waals surface area (Å²) in [5.74, 6) is 1.84. The molecule has 2 fully saturated rings. The standard InChI is InChI=1S/C29H29ClN8O3/c30-25-8-7-23(18-24(25)21-2-1-9-31-19-21)33-29(39)32-22-5-3-20(4-6-22)26-34-27(37-10-14-40-15-11-37)36-28(35-26)38-12-16-41-17-13-38/h1-9,18-19H,10-17H2,(H2,32,33,39). The lowest BCUT2D eigenvalue weighted by atomic mass is 10.1. The molecule has 11 nitrogen and oxygen atoms in total. The number of carbonyl (C=O) groups excluding carboxylic acids is 1. The van der Waals surface area contributed by atoms with Crippen LogP contribution in [-0.4, -0.2) is 78.6 Å². The highest BCUT2D eigenvalue weighted by Gasteiger charge is 2.21. The van der Waals surface area contributed by atoms with Gasteiger partial charge in [-0.15, -0.1) is 0 Å². The number of rotatable bonds is 6. The van der Waals surface area contributed by atoms with E-state index in [1.54, 1.807) is 24.5 Å². The molecule has 6 rings (SSSR count). The molecule has 4 aromatic rings. The number of hydrogen-bond donors (Lipinski definition) is 2. The number of hydrogen-bond acceptors (Lipinski definition) is 9. The Kier molecular flexibility index (Phi) is 8.17. The fourth-order valence-corrected chi connectivity index (χ4v) is 4.86. The molecule has 2 aliphatic rings. The SMILES string of the molecule is O=C(Nc1ccc(-c2nc(N3CCOCC3)nc(N3CCOCC3)n2)cc1)Nc1ccc(Cl)c(-c2cccnc2)c1. The maximum absolute atomic E-state index is 12.8. The van der Waals surface area contributed by atoms with Crippen molar-refractivity contribution in [1.82, 2.24) is 19.9 Å². The Morgan fingerprint density at radius 2 is 1.37 bits per heavy atom. The summed E-state index contributed by atoms with van der Waals surface area (Å²) in [7, 11) is 0. The van der Waals surface area contributed by atoms with Crippen molar-refractivity contribution in [3.63, 3.8) is 0 Å². The monoisotopic (exact) mass is 572 g/mol. The van der Waals surface area contributed by atoms with E-state index >= 15 is 0 Å². The molecule has 2 N–H and O–H groups in total. The summed E-state index contributed by atoms with van der Waals surface area (Å²) >= 11 is 6.38. The average molecular weight is 573 g/mol. The molecule has 0 spiro atoms. The second-order valence-electron chi connectivity index (χ2n) is 9.55. The van der Waals surface area contributed by atoms with Gasteiger partial charge in [-0.3, -0.25) is 4.98 Å². The molecule has 2 aliphatic heterocycles. The van der Waals surface area contributed by atoms with E-state index in [1.807, 2.05) is 42.5 Å². The van der Waals surface area contributed by atoms with E-state index < -0.39 is 0 Å². The third-order valence-electron chi connectivity index (χ3n) is 6.80. The van der Waals surface area contributed by atoms with Crippen LogP contribution in [0.3, 0.4) is 0 Å². The van der Waals surface area contributed by atoms with E-state index in [-0.39, 0.29) is 6.03 Å². The zero-order chi connectivity index (χ0) is 28.0. The molecule has 0 atom stereocenters. The van der Waals surface area contributed by atoms with Crippen LogP contribution in [-0.2, 0) is 9.47 Å². The molecule has 0 radical (unpaired) electrons. The number of pyridine rings is 1. The fraction of sp³-hybridized carbons (Fsp3) is 0.276. The lowest BCUT2D eigenvalue weighted by Crippen LogP contribution is -2.40. The number of benzene rings is 2. The van der Waals surface area contributed by atoms with Crippen molar-refractivity contribution in [3.8, 4) is 22.5 Å². The summed E-state index contributed by atoms with van der Waals surface area (Å²) in [6, 6.07) is 16.1. The van der Waals surface area contributed by atoms with Gasteiger partial charge in [-0.1, -0.05) is 17.7 Å². The molecule has 12 heteroatoms. The van der Waals surface area contributed by atoms with Gasteiger partial charge in [-0.25, -0.2) is 4.79 Å². The summed E-state index contributed by atoms with van der Waals surface area (Å²) in [6.45, 7) is 5.44. The molecule has 2 amide bonds. The summed E-state index contributed by atoms with van der Waals surface area (Å²) in [5.41, 5.74) is 3.71. The summed E-state index contributed by atoms with van der Waals surface area (Å²) < 4.78 is 11.0. The van der Waals surface area contributed by atoms with E-state index in [0.717, 1.165) is 42.9 Å². The lowest BCUT2D eigenvalue weighted by molar-refractivity contribution is 0.121. The van der Waals surface area contributed by atoms with Crippen LogP contribution in [0, 0.1) is 0 Å². The van der Waals surface area contributed by atoms with Crippen molar-refractivity contribution in [3.05, 3.63) is 72.0 Å². The van der Waals surface area contributed by atoms with E-state index in [4.69, 9.17) is 36.0 Å². The van der Waals surface area contributed by atoms with Crippen LogP contribution < -0.4 is 20.4 Å². The third kappa shape index (κ3) is 6.54. The van der Waals surface area contributed by atoms with Crippen molar-refractivity contribution in [2.75, 3.05) is 73.0 Å². The first kappa shape index (κ1) is 26.9. The average Bonchev–Trinajstić information content (AvgIpc) is 3.03. The van der Waals surface area contributed by atoms with Crippen LogP contribution in [0.5, 0.6) is 0 Å². The van der Waals surface area contributed by atoms with Crippen molar-refractivity contribution in [2.24, 2.45) is 0 Å². The third-order valence-corrected chi connectivity index (χ3v) is 7.13. The number of urea groups is 1. The first-order chi connectivity index (χ1) is 20.1. The molecule has 4 heterocycles. The Balaban J connectivity index is 1.17. The Bertz CT molecular complexity index is 1460. The maximum Gasteiger partial charge on any atom is 0.323 e. The minimum Gasteiger partial charge on any atom is -0.378 e. The summed E-state index contributed by atoms with van der Waals surface area (Å²) in [6.07, 6.45) is 3.43. The second-order valence-corrected chi connectivity index (χ2v) is 9.96. The first-order valence-electron chi connectivity index (χ1n) is 13.4. The Hall–Kier alpha value is -4.32. The number of nitrogens with zero attached hydrogens (tertiary/aromatic N) is 6. The van der Waals surface area contributed by atoms with Crippen LogP contribution >= 0.6 is 11.6 Å². The lowest BCUT2D eigenvalue weighted by Gasteiger charge is -2.30. The Morgan fingerprint density at radius 1 is 0.756 bits per heavy atom. The second kappa shape index (κ2) is 12.5. The van der Waals surface area contributed by atoms with Gasteiger partial charge < -0.3 is 29.9 Å². The fourth-order valence-electron chi connectivity index (χ4n) is 4.63. The zero-order valence-electron chi connectivity index (χ0n) is 22.3. The topological polar surface area (TPSA) is 118 Å². The highest BCUT2D eigenvalue weighted by molar-refractivity contribution is 6.33. The highest BCUT2D eigenvalue weighted by atomic mass is 35.5. The number of aromatic nitrogens is 4. The summed E-state index contributed by atoms with van der Waals surface area (Å²) in [5, 5.41) is 6.32. The van der Waals surface area contributed by atoms with Crippen molar-refractivity contribution in [1.29, 1.82) is 0 Å². The molecule has 41 heavy (non-hydrogen) atoms. The molecule has 0 unspecified atom stereocenters. The number of anilines is 4. The van der Waals surface area contributed by atoms with Crippen LogP contribution in [0.25, 0.3) is 22.5 Å². The van der Waals surface area contributed by atoms with Gasteiger partial charge in [0.15, 0.2) is 5.82 Å². The van der Waals surface area contributed by atoms with Gasteiger partial charge in [0.1, 0.15) is 0 Å². The molecular formula is C29H29ClN8O3. The number of amides is 2. The molecule has 0 bridgehead atoms. The molecule has 2 saturated heterocycles. The normalized spacial score (nSPS) is 15.4. The van der Waals surface area contributed by atoms with Crippen molar-refractivity contribution < 1.29 is 14.3 Å². The van der Waals surface area contributed by atoms with Crippen molar-refractivity contribution in [2.45, 2.75) is 0 Å². The molecule has 2 aromatic heterocycles. The predicted octanol–water partition coefficient (Wildman–Crippen LogP) is 4.57.